The van der Waals surface area contributed by atoms with Crippen molar-refractivity contribution in [1.29, 1.82) is 0 Å². The van der Waals surface area contributed by atoms with Crippen LogP contribution in [0.2, 0.25) is 5.02 Å². The van der Waals surface area contributed by atoms with Crippen molar-refractivity contribution in [1.82, 2.24) is 0 Å². The van der Waals surface area contributed by atoms with Crippen LogP contribution in [0.3, 0.4) is 0 Å². The molecule has 110 valence electrons. The first-order chi connectivity index (χ1) is 9.95. The monoisotopic (exact) mass is 305 g/mol. The molecule has 0 aliphatic heterocycles. The number of halogens is 2. The molecule has 0 fully saturated rings. The molecule has 21 heavy (non-hydrogen) atoms. The van der Waals surface area contributed by atoms with Gasteiger partial charge in [-0.25, -0.2) is 4.39 Å². The summed E-state index contributed by atoms with van der Waals surface area (Å²) in [7, 11) is 0. The molecule has 0 aromatic heterocycles. The van der Waals surface area contributed by atoms with Gasteiger partial charge in [0.25, 0.3) is 0 Å². The third-order valence-corrected chi connectivity index (χ3v) is 3.55. The van der Waals surface area contributed by atoms with Crippen molar-refractivity contribution in [3.8, 4) is 0 Å². The summed E-state index contributed by atoms with van der Waals surface area (Å²) in [6.07, 6.45) is 0.893. The Bertz CT molecular complexity index is 629. The minimum atomic E-state index is -0.273. The number of carbonyl (C=O) groups excluding carboxylic acids is 1. The topological polar surface area (TPSA) is 29.1 Å². The van der Waals surface area contributed by atoms with Crippen molar-refractivity contribution in [3.63, 3.8) is 0 Å². The lowest BCUT2D eigenvalue weighted by atomic mass is 10.1. The van der Waals surface area contributed by atoms with Crippen LogP contribution in [0.15, 0.2) is 36.4 Å². The summed E-state index contributed by atoms with van der Waals surface area (Å²) >= 11 is 6.16. The van der Waals surface area contributed by atoms with Crippen molar-refractivity contribution in [2.24, 2.45) is 0 Å². The van der Waals surface area contributed by atoms with Crippen molar-refractivity contribution in [2.75, 3.05) is 5.32 Å². The molecule has 2 nitrogen and oxygen atoms in total. The Balaban J connectivity index is 1.97. The lowest BCUT2D eigenvalue weighted by Gasteiger charge is -2.11. The van der Waals surface area contributed by atoms with E-state index in [2.05, 4.69) is 5.32 Å². The van der Waals surface area contributed by atoms with Crippen LogP contribution < -0.4 is 5.32 Å². The first kappa shape index (κ1) is 15.5. The maximum atomic E-state index is 12.8. The Labute approximate surface area is 128 Å². The molecule has 0 aliphatic rings. The predicted molar refractivity (Wildman–Crippen MR) is 84.3 cm³/mol. The van der Waals surface area contributed by atoms with Gasteiger partial charge in [-0.15, -0.1) is 0 Å². The zero-order chi connectivity index (χ0) is 15.4. The summed E-state index contributed by atoms with van der Waals surface area (Å²) in [6.45, 7) is 3.87. The van der Waals surface area contributed by atoms with E-state index in [9.17, 15) is 9.18 Å². The number of hydrogen-bond donors (Lipinski definition) is 1. The summed E-state index contributed by atoms with van der Waals surface area (Å²) in [5.41, 5.74) is 3.58. The lowest BCUT2D eigenvalue weighted by molar-refractivity contribution is -0.116. The Hall–Kier alpha value is -1.87. The summed E-state index contributed by atoms with van der Waals surface area (Å²) in [4.78, 5) is 12.0. The molecular weight excluding hydrogens is 289 g/mol. The van der Waals surface area contributed by atoms with E-state index in [-0.39, 0.29) is 11.7 Å². The molecule has 0 unspecified atom stereocenters. The highest BCUT2D eigenvalue weighted by Gasteiger charge is 2.09. The van der Waals surface area contributed by atoms with Crippen molar-refractivity contribution < 1.29 is 9.18 Å². The van der Waals surface area contributed by atoms with Gasteiger partial charge >= 0.3 is 0 Å². The average molecular weight is 306 g/mol. The molecule has 0 atom stereocenters. The highest BCUT2D eigenvalue weighted by molar-refractivity contribution is 6.34. The molecule has 2 aromatic carbocycles. The van der Waals surface area contributed by atoms with E-state index in [0.717, 1.165) is 16.7 Å². The minimum Gasteiger partial charge on any atom is -0.325 e. The van der Waals surface area contributed by atoms with Crippen LogP contribution in [0.4, 0.5) is 10.1 Å². The van der Waals surface area contributed by atoms with Crippen molar-refractivity contribution >= 4 is 23.2 Å². The van der Waals surface area contributed by atoms with Gasteiger partial charge in [0.2, 0.25) is 5.91 Å². The minimum absolute atomic E-state index is 0.104. The Kier molecular flexibility index (Phi) is 4.97. The van der Waals surface area contributed by atoms with Crippen LogP contribution in [0.25, 0.3) is 0 Å². The van der Waals surface area contributed by atoms with Gasteiger partial charge in [0.05, 0.1) is 10.7 Å². The highest BCUT2D eigenvalue weighted by Crippen LogP contribution is 2.27. The first-order valence-corrected chi connectivity index (χ1v) is 7.14. The number of aryl methyl sites for hydroxylation is 3. The molecular formula is C17H17ClFNO. The number of amides is 1. The maximum Gasteiger partial charge on any atom is 0.224 e. The van der Waals surface area contributed by atoms with E-state index in [0.29, 0.717) is 23.6 Å². The van der Waals surface area contributed by atoms with Gasteiger partial charge in [-0.3, -0.25) is 4.79 Å². The summed E-state index contributed by atoms with van der Waals surface area (Å²) in [5.74, 6) is -0.376. The molecule has 0 radical (unpaired) electrons. The summed E-state index contributed by atoms with van der Waals surface area (Å²) < 4.78 is 12.8. The third-order valence-electron chi connectivity index (χ3n) is 3.25. The molecule has 2 aromatic rings. The average Bonchev–Trinajstić information content (AvgIpc) is 2.42. The molecule has 0 bridgehead atoms. The zero-order valence-electron chi connectivity index (χ0n) is 12.0. The predicted octanol–water partition coefficient (Wildman–Crippen LogP) is 4.67. The Morgan fingerprint density at radius 3 is 2.48 bits per heavy atom. The number of rotatable bonds is 4. The van der Waals surface area contributed by atoms with Crippen LogP contribution in [-0.4, -0.2) is 5.91 Å². The van der Waals surface area contributed by atoms with E-state index in [1.54, 1.807) is 12.1 Å². The molecule has 4 heteroatoms. The van der Waals surface area contributed by atoms with E-state index in [1.165, 1.54) is 12.1 Å². The van der Waals surface area contributed by atoms with Crippen molar-refractivity contribution in [3.05, 3.63) is 63.9 Å². The molecule has 1 N–H and O–H groups in total. The quantitative estimate of drug-likeness (QED) is 0.874. The number of benzene rings is 2. The van der Waals surface area contributed by atoms with E-state index >= 15 is 0 Å². The standard InChI is InChI=1S/C17H17ClFNO/c1-11-9-12(2)17(15(18)10-11)20-16(21)8-5-13-3-6-14(19)7-4-13/h3-4,6-7,9-10H,5,8H2,1-2H3,(H,20,21). The fourth-order valence-corrected chi connectivity index (χ4v) is 2.55. The fraction of sp³-hybridized carbons (Fsp3) is 0.235. The normalized spacial score (nSPS) is 10.5. The van der Waals surface area contributed by atoms with Crippen LogP contribution in [0.5, 0.6) is 0 Å². The molecule has 2 rings (SSSR count). The van der Waals surface area contributed by atoms with Crippen molar-refractivity contribution in [2.45, 2.75) is 26.7 Å². The molecule has 0 spiro atoms. The number of anilines is 1. The fourth-order valence-electron chi connectivity index (χ4n) is 2.18. The molecule has 0 heterocycles. The largest absolute Gasteiger partial charge is 0.325 e. The van der Waals surface area contributed by atoms with Gasteiger partial charge in [-0.2, -0.15) is 0 Å². The summed E-state index contributed by atoms with van der Waals surface area (Å²) in [6, 6.07) is 9.97. The van der Waals surface area contributed by atoms with E-state index in [1.807, 2.05) is 26.0 Å². The number of hydrogen-bond acceptors (Lipinski definition) is 1. The van der Waals surface area contributed by atoms with Gasteiger partial charge in [0.1, 0.15) is 5.82 Å². The van der Waals surface area contributed by atoms with Gasteiger partial charge in [-0.05, 0) is 55.2 Å². The second kappa shape index (κ2) is 6.72. The Morgan fingerprint density at radius 2 is 1.86 bits per heavy atom. The van der Waals surface area contributed by atoms with Gasteiger partial charge in [-0.1, -0.05) is 29.8 Å². The second-order valence-corrected chi connectivity index (χ2v) is 5.52. The highest BCUT2D eigenvalue weighted by atomic mass is 35.5. The molecule has 0 aliphatic carbocycles. The maximum absolute atomic E-state index is 12.8. The van der Waals surface area contributed by atoms with E-state index < -0.39 is 0 Å². The Morgan fingerprint density at radius 1 is 1.19 bits per heavy atom. The van der Waals surface area contributed by atoms with Crippen LogP contribution in [0, 0.1) is 19.7 Å². The van der Waals surface area contributed by atoms with Crippen LogP contribution >= 0.6 is 11.6 Å². The first-order valence-electron chi connectivity index (χ1n) is 6.77. The SMILES string of the molecule is Cc1cc(C)c(NC(=O)CCc2ccc(F)cc2)c(Cl)c1. The summed E-state index contributed by atoms with van der Waals surface area (Å²) in [5, 5.41) is 3.39. The van der Waals surface area contributed by atoms with Gasteiger partial charge < -0.3 is 5.32 Å². The van der Waals surface area contributed by atoms with Gasteiger partial charge in [0, 0.05) is 6.42 Å². The molecule has 1 amide bonds. The van der Waals surface area contributed by atoms with Crippen LogP contribution in [0.1, 0.15) is 23.1 Å². The smallest absolute Gasteiger partial charge is 0.224 e. The second-order valence-electron chi connectivity index (χ2n) is 5.11. The molecule has 0 saturated carbocycles. The third kappa shape index (κ3) is 4.30. The van der Waals surface area contributed by atoms with E-state index in [4.69, 9.17) is 11.6 Å². The number of carbonyl (C=O) groups is 1. The van der Waals surface area contributed by atoms with Gasteiger partial charge in [0.15, 0.2) is 0 Å². The lowest BCUT2D eigenvalue weighted by Crippen LogP contribution is -2.13. The molecule has 0 saturated heterocycles. The zero-order valence-corrected chi connectivity index (χ0v) is 12.8. The number of nitrogens with one attached hydrogen (secondary N) is 1. The van der Waals surface area contributed by atoms with Crippen LogP contribution in [-0.2, 0) is 11.2 Å².